The Bertz CT molecular complexity index is 454. The predicted octanol–water partition coefficient (Wildman–Crippen LogP) is 0.788. The first kappa shape index (κ1) is 13.5. The van der Waals surface area contributed by atoms with Crippen molar-refractivity contribution in [1.82, 2.24) is 19.7 Å². The van der Waals surface area contributed by atoms with Crippen molar-refractivity contribution in [2.75, 3.05) is 13.1 Å². The minimum Gasteiger partial charge on any atom is -0.342 e. The third kappa shape index (κ3) is 3.00. The molecule has 1 aromatic rings. The van der Waals surface area contributed by atoms with Gasteiger partial charge in [0, 0.05) is 31.6 Å². The van der Waals surface area contributed by atoms with E-state index in [-0.39, 0.29) is 11.4 Å². The fraction of sp³-hybridized carbons (Fsp3) is 0.786. The first-order valence-corrected chi connectivity index (χ1v) is 7.54. The van der Waals surface area contributed by atoms with E-state index in [0.717, 1.165) is 45.3 Å². The molecule has 1 saturated heterocycles. The Kier molecular flexibility index (Phi) is 3.74. The topological polar surface area (TPSA) is 77.0 Å². The standard InChI is InChI=1S/C14H23N5O/c15-14(4-2-5-14)7-13(20)18-6-1-3-12(8-18)9-19-11-16-10-17-19/h10-12H,1-9,15H2. The lowest BCUT2D eigenvalue weighted by Crippen LogP contribution is -2.52. The minimum atomic E-state index is -0.212. The molecular weight excluding hydrogens is 254 g/mol. The minimum absolute atomic E-state index is 0.212. The number of piperidine rings is 1. The van der Waals surface area contributed by atoms with Crippen molar-refractivity contribution in [3.63, 3.8) is 0 Å². The SMILES string of the molecule is NC1(CC(=O)N2CCCC(Cn3cncn3)C2)CCC1. The monoisotopic (exact) mass is 277 g/mol. The highest BCUT2D eigenvalue weighted by Crippen LogP contribution is 2.33. The third-order valence-corrected chi connectivity index (χ3v) is 4.64. The van der Waals surface area contributed by atoms with E-state index in [1.54, 1.807) is 12.7 Å². The van der Waals surface area contributed by atoms with Crippen LogP contribution in [0.25, 0.3) is 0 Å². The second-order valence-electron chi connectivity index (χ2n) is 6.36. The van der Waals surface area contributed by atoms with Crippen LogP contribution in [0.15, 0.2) is 12.7 Å². The number of rotatable bonds is 4. The Hall–Kier alpha value is -1.43. The molecule has 110 valence electrons. The zero-order valence-electron chi connectivity index (χ0n) is 11.9. The van der Waals surface area contributed by atoms with Gasteiger partial charge in [0.05, 0.1) is 0 Å². The van der Waals surface area contributed by atoms with Gasteiger partial charge in [-0.2, -0.15) is 5.10 Å². The Morgan fingerprint density at radius 2 is 2.25 bits per heavy atom. The van der Waals surface area contributed by atoms with Crippen LogP contribution in [0, 0.1) is 5.92 Å². The summed E-state index contributed by atoms with van der Waals surface area (Å²) in [4.78, 5) is 18.3. The molecule has 1 saturated carbocycles. The maximum Gasteiger partial charge on any atom is 0.224 e. The normalized spacial score (nSPS) is 25.2. The zero-order chi connectivity index (χ0) is 14.0. The molecule has 1 aromatic heterocycles. The van der Waals surface area contributed by atoms with Crippen molar-refractivity contribution in [2.24, 2.45) is 11.7 Å². The van der Waals surface area contributed by atoms with Gasteiger partial charge in [0.2, 0.25) is 5.91 Å². The zero-order valence-corrected chi connectivity index (χ0v) is 11.9. The number of amides is 1. The van der Waals surface area contributed by atoms with Crippen molar-refractivity contribution in [1.29, 1.82) is 0 Å². The molecule has 0 bridgehead atoms. The van der Waals surface area contributed by atoms with Crippen LogP contribution in [-0.2, 0) is 11.3 Å². The molecular formula is C14H23N5O. The summed E-state index contributed by atoms with van der Waals surface area (Å²) in [5, 5.41) is 4.14. The smallest absolute Gasteiger partial charge is 0.224 e. The lowest BCUT2D eigenvalue weighted by Gasteiger charge is -2.40. The number of nitrogens with zero attached hydrogens (tertiary/aromatic N) is 4. The molecule has 6 nitrogen and oxygen atoms in total. The molecule has 0 radical (unpaired) electrons. The van der Waals surface area contributed by atoms with Crippen molar-refractivity contribution in [3.05, 3.63) is 12.7 Å². The van der Waals surface area contributed by atoms with E-state index >= 15 is 0 Å². The molecule has 0 aromatic carbocycles. The maximum atomic E-state index is 12.4. The van der Waals surface area contributed by atoms with Crippen molar-refractivity contribution >= 4 is 5.91 Å². The molecule has 1 atom stereocenters. The van der Waals surface area contributed by atoms with E-state index in [4.69, 9.17) is 5.73 Å². The number of carbonyl (C=O) groups excluding carboxylic acids is 1. The van der Waals surface area contributed by atoms with Crippen LogP contribution in [-0.4, -0.2) is 44.2 Å². The Balaban J connectivity index is 1.53. The molecule has 1 aliphatic heterocycles. The van der Waals surface area contributed by atoms with E-state index in [9.17, 15) is 4.79 Å². The van der Waals surface area contributed by atoms with Gasteiger partial charge in [-0.05, 0) is 38.0 Å². The molecule has 2 heterocycles. The van der Waals surface area contributed by atoms with Gasteiger partial charge in [-0.1, -0.05) is 0 Å². The summed E-state index contributed by atoms with van der Waals surface area (Å²) in [5.74, 6) is 0.708. The van der Waals surface area contributed by atoms with Crippen LogP contribution < -0.4 is 5.73 Å². The predicted molar refractivity (Wildman–Crippen MR) is 74.7 cm³/mol. The molecule has 1 aliphatic carbocycles. The highest BCUT2D eigenvalue weighted by Gasteiger charge is 2.36. The van der Waals surface area contributed by atoms with Crippen molar-refractivity contribution in [2.45, 2.75) is 50.6 Å². The average molecular weight is 277 g/mol. The summed E-state index contributed by atoms with van der Waals surface area (Å²) in [6.45, 7) is 2.55. The molecule has 20 heavy (non-hydrogen) atoms. The van der Waals surface area contributed by atoms with Gasteiger partial charge in [-0.15, -0.1) is 0 Å². The summed E-state index contributed by atoms with van der Waals surface area (Å²) in [7, 11) is 0. The van der Waals surface area contributed by atoms with Crippen LogP contribution in [0.2, 0.25) is 0 Å². The number of nitrogens with two attached hydrogens (primary N) is 1. The first-order chi connectivity index (χ1) is 9.65. The van der Waals surface area contributed by atoms with Crippen LogP contribution >= 0.6 is 0 Å². The van der Waals surface area contributed by atoms with Gasteiger partial charge >= 0.3 is 0 Å². The van der Waals surface area contributed by atoms with E-state index < -0.39 is 0 Å². The summed E-state index contributed by atoms with van der Waals surface area (Å²) >= 11 is 0. The number of hydrogen-bond donors (Lipinski definition) is 1. The molecule has 1 amide bonds. The van der Waals surface area contributed by atoms with Gasteiger partial charge in [0.25, 0.3) is 0 Å². The quantitative estimate of drug-likeness (QED) is 0.882. The molecule has 2 aliphatic rings. The Labute approximate surface area is 119 Å². The summed E-state index contributed by atoms with van der Waals surface area (Å²) in [6.07, 6.45) is 9.19. The second kappa shape index (κ2) is 5.52. The molecule has 1 unspecified atom stereocenters. The van der Waals surface area contributed by atoms with Crippen molar-refractivity contribution < 1.29 is 4.79 Å². The number of aromatic nitrogens is 3. The fourth-order valence-electron chi connectivity index (χ4n) is 3.25. The molecule has 2 fully saturated rings. The molecule has 0 spiro atoms. The average Bonchev–Trinajstić information content (AvgIpc) is 2.90. The lowest BCUT2D eigenvalue weighted by molar-refractivity contribution is -0.135. The molecule has 3 rings (SSSR count). The highest BCUT2D eigenvalue weighted by molar-refractivity contribution is 5.77. The van der Waals surface area contributed by atoms with Gasteiger partial charge in [-0.3, -0.25) is 9.48 Å². The van der Waals surface area contributed by atoms with Crippen LogP contribution in [0.5, 0.6) is 0 Å². The molecule has 6 heteroatoms. The number of hydrogen-bond acceptors (Lipinski definition) is 4. The number of carbonyl (C=O) groups is 1. The number of likely N-dealkylation sites (tertiary alicyclic amines) is 1. The Morgan fingerprint density at radius 3 is 2.90 bits per heavy atom. The summed E-state index contributed by atoms with van der Waals surface area (Å²) < 4.78 is 1.86. The largest absolute Gasteiger partial charge is 0.342 e. The summed E-state index contributed by atoms with van der Waals surface area (Å²) in [5.41, 5.74) is 5.97. The van der Waals surface area contributed by atoms with Crippen LogP contribution in [0.4, 0.5) is 0 Å². The van der Waals surface area contributed by atoms with Crippen LogP contribution in [0.1, 0.15) is 38.5 Å². The second-order valence-corrected chi connectivity index (χ2v) is 6.36. The maximum absolute atomic E-state index is 12.4. The van der Waals surface area contributed by atoms with Crippen LogP contribution in [0.3, 0.4) is 0 Å². The van der Waals surface area contributed by atoms with Crippen molar-refractivity contribution in [3.8, 4) is 0 Å². The third-order valence-electron chi connectivity index (χ3n) is 4.64. The highest BCUT2D eigenvalue weighted by atomic mass is 16.2. The van der Waals surface area contributed by atoms with E-state index in [1.165, 1.54) is 6.42 Å². The van der Waals surface area contributed by atoms with Gasteiger partial charge in [0.1, 0.15) is 12.7 Å². The fourth-order valence-corrected chi connectivity index (χ4v) is 3.25. The summed E-state index contributed by atoms with van der Waals surface area (Å²) in [6, 6.07) is 0. The molecule has 2 N–H and O–H groups in total. The van der Waals surface area contributed by atoms with Gasteiger partial charge in [-0.25, -0.2) is 4.98 Å². The van der Waals surface area contributed by atoms with E-state index in [2.05, 4.69) is 10.1 Å². The first-order valence-electron chi connectivity index (χ1n) is 7.54. The Morgan fingerprint density at radius 1 is 1.40 bits per heavy atom. The van der Waals surface area contributed by atoms with E-state index in [0.29, 0.717) is 12.3 Å². The van der Waals surface area contributed by atoms with Gasteiger partial charge in [0.15, 0.2) is 0 Å². The lowest BCUT2D eigenvalue weighted by atomic mass is 9.75. The van der Waals surface area contributed by atoms with E-state index in [1.807, 2.05) is 9.58 Å². The van der Waals surface area contributed by atoms with Gasteiger partial charge < -0.3 is 10.6 Å².